The van der Waals surface area contributed by atoms with E-state index in [9.17, 15) is 9.59 Å². The standard InChI is InChI=1S/2C31H62O/c2*1-3-5-7-9-11-13-15-17-19-21-23-25-27-29-31(32)30-28-26-24-22-20-18-16-14-12-10-8-6-4-2/h2*3-30H2,1-2H3. The van der Waals surface area contributed by atoms with Crippen molar-refractivity contribution < 1.29 is 9.59 Å². The molecule has 0 saturated carbocycles. The Morgan fingerprint density at radius 1 is 0.156 bits per heavy atom. The van der Waals surface area contributed by atoms with Gasteiger partial charge < -0.3 is 0 Å². The molecule has 2 heteroatoms. The monoisotopic (exact) mass is 901 g/mol. The number of carbonyl (C=O) groups excluding carboxylic acids is 2. The van der Waals surface area contributed by atoms with Crippen molar-refractivity contribution in [2.75, 3.05) is 0 Å². The summed E-state index contributed by atoms with van der Waals surface area (Å²) >= 11 is 0. The minimum absolute atomic E-state index is 0.524. The first kappa shape index (κ1) is 65.4. The molecule has 0 bridgehead atoms. The Kier molecular flexibility index (Phi) is 63.7. The zero-order valence-electron chi connectivity index (χ0n) is 45.4. The highest BCUT2D eigenvalue weighted by Crippen LogP contribution is 2.18. The fraction of sp³-hybridized carbons (Fsp3) is 0.968. The average Bonchev–Trinajstić information content (AvgIpc) is 3.30. The van der Waals surface area contributed by atoms with Crippen molar-refractivity contribution in [2.45, 2.75) is 387 Å². The quantitative estimate of drug-likeness (QED) is 0.0570. The molecule has 2 nitrogen and oxygen atoms in total. The van der Waals surface area contributed by atoms with Gasteiger partial charge in [-0.3, -0.25) is 9.59 Å². The minimum atomic E-state index is 0.524. The molecule has 0 aromatic carbocycles. The molecule has 0 aromatic rings. The van der Waals surface area contributed by atoms with Crippen LogP contribution in [0, 0.1) is 0 Å². The lowest BCUT2D eigenvalue weighted by molar-refractivity contribution is -0.120. The van der Waals surface area contributed by atoms with E-state index in [1.54, 1.807) is 0 Å². The van der Waals surface area contributed by atoms with Crippen molar-refractivity contribution >= 4 is 11.6 Å². The van der Waals surface area contributed by atoms with E-state index >= 15 is 0 Å². The Bertz CT molecular complexity index is 701. The van der Waals surface area contributed by atoms with E-state index < -0.39 is 0 Å². The van der Waals surface area contributed by atoms with E-state index in [2.05, 4.69) is 27.7 Å². The molecule has 0 unspecified atom stereocenters. The fourth-order valence-electron chi connectivity index (χ4n) is 9.61. The molecule has 0 aliphatic carbocycles. The molecule has 0 N–H and O–H groups in total. The molecule has 0 aromatic heterocycles. The third kappa shape index (κ3) is 63.4. The predicted molar refractivity (Wildman–Crippen MR) is 291 cm³/mol. The predicted octanol–water partition coefficient (Wildman–Crippen LogP) is 23.0. The lowest BCUT2D eigenvalue weighted by Crippen LogP contribution is -1.97. The number of carbonyl (C=O) groups is 2. The third-order valence-corrected chi connectivity index (χ3v) is 14.2. The summed E-state index contributed by atoms with van der Waals surface area (Å²) in [5.74, 6) is 1.05. The van der Waals surface area contributed by atoms with E-state index in [-0.39, 0.29) is 0 Å². The molecule has 384 valence electrons. The van der Waals surface area contributed by atoms with Crippen molar-refractivity contribution in [3.05, 3.63) is 0 Å². The first-order valence-corrected chi connectivity index (χ1v) is 30.7. The number of ketones is 2. The number of rotatable bonds is 56. The van der Waals surface area contributed by atoms with Crippen LogP contribution in [-0.2, 0) is 9.59 Å². The van der Waals surface area contributed by atoms with Gasteiger partial charge in [-0.15, -0.1) is 0 Å². The van der Waals surface area contributed by atoms with Gasteiger partial charge in [0.1, 0.15) is 11.6 Å². The number of hydrogen-bond acceptors (Lipinski definition) is 2. The van der Waals surface area contributed by atoms with Gasteiger partial charge in [-0.05, 0) is 25.7 Å². The summed E-state index contributed by atoms with van der Waals surface area (Å²) in [7, 11) is 0. The normalized spacial score (nSPS) is 11.3. The Balaban J connectivity index is 0. The molecule has 0 amide bonds. The lowest BCUT2D eigenvalue weighted by atomic mass is 10.0. The minimum Gasteiger partial charge on any atom is -0.300 e. The third-order valence-electron chi connectivity index (χ3n) is 14.2. The van der Waals surface area contributed by atoms with E-state index in [1.165, 1.54) is 308 Å². The number of hydrogen-bond donors (Lipinski definition) is 0. The van der Waals surface area contributed by atoms with Crippen LogP contribution in [0.2, 0.25) is 0 Å². The SMILES string of the molecule is CCCCCCCCCCCCCCCC(=O)CCCCCCCCCCCCCCC.CCCCCCCCCCCCCCCC(=O)CCCCCCCCCCCCCCC. The molecular formula is C62H124O2. The summed E-state index contributed by atoms with van der Waals surface area (Å²) in [6, 6.07) is 0. The smallest absolute Gasteiger partial charge is 0.132 e. The second-order valence-corrected chi connectivity index (χ2v) is 21.0. The second kappa shape index (κ2) is 62.3. The molecule has 0 heterocycles. The fourth-order valence-corrected chi connectivity index (χ4v) is 9.61. The van der Waals surface area contributed by atoms with E-state index in [0.717, 1.165) is 51.4 Å². The van der Waals surface area contributed by atoms with Crippen LogP contribution in [0.1, 0.15) is 387 Å². The van der Waals surface area contributed by atoms with Crippen molar-refractivity contribution in [3.8, 4) is 0 Å². The van der Waals surface area contributed by atoms with Crippen LogP contribution in [0.5, 0.6) is 0 Å². The molecule has 0 atom stereocenters. The number of unbranched alkanes of at least 4 members (excludes halogenated alkanes) is 48. The first-order chi connectivity index (χ1) is 31.6. The zero-order valence-corrected chi connectivity index (χ0v) is 45.4. The molecular weight excluding hydrogens is 777 g/mol. The Labute approximate surface area is 406 Å². The molecule has 64 heavy (non-hydrogen) atoms. The van der Waals surface area contributed by atoms with E-state index in [0.29, 0.717) is 11.6 Å². The summed E-state index contributed by atoms with van der Waals surface area (Å²) in [5, 5.41) is 0. The molecule has 0 aliphatic heterocycles. The van der Waals surface area contributed by atoms with Gasteiger partial charge in [0, 0.05) is 25.7 Å². The summed E-state index contributed by atoms with van der Waals surface area (Å²) in [5.41, 5.74) is 0. The van der Waals surface area contributed by atoms with E-state index in [4.69, 9.17) is 0 Å². The number of Topliss-reactive ketones (excluding diaryl/α,β-unsaturated/α-hetero) is 2. The molecule has 0 fully saturated rings. The van der Waals surface area contributed by atoms with Gasteiger partial charge in [-0.25, -0.2) is 0 Å². The molecule has 0 aliphatic rings. The van der Waals surface area contributed by atoms with E-state index in [1.807, 2.05) is 0 Å². The maximum absolute atomic E-state index is 12.0. The van der Waals surface area contributed by atoms with Gasteiger partial charge in [0.25, 0.3) is 0 Å². The van der Waals surface area contributed by atoms with Gasteiger partial charge in [0.05, 0.1) is 0 Å². The van der Waals surface area contributed by atoms with Crippen LogP contribution in [0.15, 0.2) is 0 Å². The van der Waals surface area contributed by atoms with Crippen LogP contribution in [0.3, 0.4) is 0 Å². The highest BCUT2D eigenvalue weighted by Gasteiger charge is 2.04. The Morgan fingerprint density at radius 2 is 0.250 bits per heavy atom. The second-order valence-electron chi connectivity index (χ2n) is 21.0. The van der Waals surface area contributed by atoms with Gasteiger partial charge in [-0.2, -0.15) is 0 Å². The van der Waals surface area contributed by atoms with Crippen LogP contribution < -0.4 is 0 Å². The highest BCUT2D eigenvalue weighted by atomic mass is 16.1. The van der Waals surface area contributed by atoms with Gasteiger partial charge in [0.2, 0.25) is 0 Å². The molecule has 0 spiro atoms. The average molecular weight is 902 g/mol. The summed E-state index contributed by atoms with van der Waals surface area (Å²) in [6.45, 7) is 9.15. The summed E-state index contributed by atoms with van der Waals surface area (Å²) in [6.07, 6.45) is 75.0. The van der Waals surface area contributed by atoms with Crippen LogP contribution in [0.4, 0.5) is 0 Å². The van der Waals surface area contributed by atoms with Gasteiger partial charge in [-0.1, -0.05) is 336 Å². The lowest BCUT2D eigenvalue weighted by Gasteiger charge is -2.04. The Morgan fingerprint density at radius 3 is 0.359 bits per heavy atom. The van der Waals surface area contributed by atoms with Gasteiger partial charge in [0.15, 0.2) is 0 Å². The first-order valence-electron chi connectivity index (χ1n) is 30.7. The van der Waals surface area contributed by atoms with Crippen LogP contribution in [0.25, 0.3) is 0 Å². The van der Waals surface area contributed by atoms with Crippen molar-refractivity contribution in [1.82, 2.24) is 0 Å². The maximum Gasteiger partial charge on any atom is 0.132 e. The summed E-state index contributed by atoms with van der Waals surface area (Å²) in [4.78, 5) is 24.1. The molecule has 0 radical (unpaired) electrons. The highest BCUT2D eigenvalue weighted by molar-refractivity contribution is 5.78. The van der Waals surface area contributed by atoms with Crippen LogP contribution in [-0.4, -0.2) is 11.6 Å². The van der Waals surface area contributed by atoms with Crippen molar-refractivity contribution in [2.24, 2.45) is 0 Å². The Hall–Kier alpha value is -0.660. The zero-order chi connectivity index (χ0) is 46.8. The van der Waals surface area contributed by atoms with Crippen molar-refractivity contribution in [3.63, 3.8) is 0 Å². The maximum atomic E-state index is 12.0. The van der Waals surface area contributed by atoms with Crippen molar-refractivity contribution in [1.29, 1.82) is 0 Å². The summed E-state index contributed by atoms with van der Waals surface area (Å²) < 4.78 is 0. The topological polar surface area (TPSA) is 34.1 Å². The molecule has 0 saturated heterocycles. The van der Waals surface area contributed by atoms with Crippen LogP contribution >= 0.6 is 0 Å². The molecule has 0 rings (SSSR count). The largest absolute Gasteiger partial charge is 0.300 e. The van der Waals surface area contributed by atoms with Gasteiger partial charge >= 0.3 is 0 Å².